The van der Waals surface area contributed by atoms with Crippen molar-refractivity contribution in [1.82, 2.24) is 0 Å². The van der Waals surface area contributed by atoms with Gasteiger partial charge in [-0.3, -0.25) is 9.69 Å². The van der Waals surface area contributed by atoms with Crippen molar-refractivity contribution in [2.24, 2.45) is 0 Å². The molecule has 0 N–H and O–H groups in total. The molecule has 0 spiro atoms. The molecule has 0 unspecified atom stereocenters. The number of halogens is 1. The highest BCUT2D eigenvalue weighted by Gasteiger charge is 2.14. The van der Waals surface area contributed by atoms with Crippen LogP contribution in [0.1, 0.15) is 13.8 Å². The molecule has 3 heteroatoms. The minimum absolute atomic E-state index is 0.0920. The van der Waals surface area contributed by atoms with Gasteiger partial charge in [0.1, 0.15) is 0 Å². The Hall–Kier alpha value is -1.28. The van der Waals surface area contributed by atoms with Crippen molar-refractivity contribution in [1.29, 1.82) is 0 Å². The highest BCUT2D eigenvalue weighted by atomic mass is 35.5. The summed E-state index contributed by atoms with van der Waals surface area (Å²) in [5, 5.41) is 0.547. The summed E-state index contributed by atoms with van der Waals surface area (Å²) in [5.74, 6) is -0.0920. The van der Waals surface area contributed by atoms with E-state index in [1.54, 1.807) is 19.1 Å². The molecule has 0 aromatic heterocycles. The predicted octanol–water partition coefficient (Wildman–Crippen LogP) is 3.23. The molecule has 0 saturated carbocycles. The van der Waals surface area contributed by atoms with Crippen molar-refractivity contribution in [3.8, 4) is 0 Å². The maximum Gasteiger partial charge on any atom is 0.228 e. The highest BCUT2D eigenvalue weighted by Crippen LogP contribution is 2.27. The third-order valence-electron chi connectivity index (χ3n) is 1.79. The molecule has 0 aliphatic heterocycles. The maximum absolute atomic E-state index is 11.3. The van der Waals surface area contributed by atoms with Gasteiger partial charge in [-0.25, -0.2) is 0 Å². The molecule has 2 nitrogen and oxygen atoms in total. The fourth-order valence-corrected chi connectivity index (χ4v) is 1.50. The van der Waals surface area contributed by atoms with E-state index in [9.17, 15) is 4.79 Å². The summed E-state index contributed by atoms with van der Waals surface area (Å²) >= 11 is 5.97. The number of para-hydroxylation sites is 1. The first-order valence-electron chi connectivity index (χ1n) is 4.24. The lowest BCUT2D eigenvalue weighted by Crippen LogP contribution is -2.25. The van der Waals surface area contributed by atoms with Crippen molar-refractivity contribution in [2.45, 2.75) is 13.8 Å². The van der Waals surface area contributed by atoms with E-state index in [-0.39, 0.29) is 5.91 Å². The van der Waals surface area contributed by atoms with E-state index >= 15 is 0 Å². The van der Waals surface area contributed by atoms with Crippen LogP contribution in [0.3, 0.4) is 0 Å². The van der Waals surface area contributed by atoms with E-state index in [4.69, 9.17) is 11.6 Å². The van der Waals surface area contributed by atoms with Crippen LogP contribution in [0.2, 0.25) is 5.02 Å². The summed E-state index contributed by atoms with van der Waals surface area (Å²) in [4.78, 5) is 12.8. The Morgan fingerprint density at radius 3 is 2.36 bits per heavy atom. The Morgan fingerprint density at radius 2 is 1.93 bits per heavy atom. The zero-order chi connectivity index (χ0) is 10.7. The van der Waals surface area contributed by atoms with E-state index in [0.717, 1.165) is 0 Å². The SMILES string of the molecule is C=C(C)N(C(C)=O)c1ccccc1Cl. The van der Waals surface area contributed by atoms with Gasteiger partial charge in [-0.15, -0.1) is 0 Å². The molecule has 1 amide bonds. The second kappa shape index (κ2) is 4.29. The lowest BCUT2D eigenvalue weighted by Gasteiger charge is -2.21. The molecule has 1 aromatic rings. The molecule has 1 aromatic carbocycles. The van der Waals surface area contributed by atoms with Crippen LogP contribution in [0.25, 0.3) is 0 Å². The second-order valence-corrected chi connectivity index (χ2v) is 3.45. The summed E-state index contributed by atoms with van der Waals surface area (Å²) in [5.41, 5.74) is 1.33. The van der Waals surface area contributed by atoms with E-state index in [2.05, 4.69) is 6.58 Å². The topological polar surface area (TPSA) is 20.3 Å². The van der Waals surface area contributed by atoms with Gasteiger partial charge < -0.3 is 0 Å². The van der Waals surface area contributed by atoms with Crippen LogP contribution in [0, 0.1) is 0 Å². The fourth-order valence-electron chi connectivity index (χ4n) is 1.28. The molecule has 0 saturated heterocycles. The van der Waals surface area contributed by atoms with E-state index < -0.39 is 0 Å². The van der Waals surface area contributed by atoms with Crippen molar-refractivity contribution >= 4 is 23.2 Å². The van der Waals surface area contributed by atoms with Crippen LogP contribution >= 0.6 is 11.6 Å². The van der Waals surface area contributed by atoms with Gasteiger partial charge in [-0.05, 0) is 19.1 Å². The van der Waals surface area contributed by atoms with Gasteiger partial charge in [0.25, 0.3) is 0 Å². The van der Waals surface area contributed by atoms with Crippen molar-refractivity contribution in [2.75, 3.05) is 4.90 Å². The van der Waals surface area contributed by atoms with Crippen LogP contribution in [0.5, 0.6) is 0 Å². The molecule has 0 bridgehead atoms. The van der Waals surface area contributed by atoms with Crippen LogP contribution in [0.15, 0.2) is 36.5 Å². The molecule has 1 rings (SSSR count). The lowest BCUT2D eigenvalue weighted by atomic mass is 10.2. The summed E-state index contributed by atoms with van der Waals surface area (Å²) in [6.07, 6.45) is 0. The number of nitrogens with zero attached hydrogens (tertiary/aromatic N) is 1. The van der Waals surface area contributed by atoms with E-state index in [1.165, 1.54) is 11.8 Å². The number of allylic oxidation sites excluding steroid dienone is 1. The molecule has 0 aliphatic rings. The standard InChI is InChI=1S/C11H12ClNO/c1-8(2)13(9(3)14)11-7-5-4-6-10(11)12/h4-7H,1H2,2-3H3. The predicted molar refractivity (Wildman–Crippen MR) is 59.4 cm³/mol. The first-order valence-corrected chi connectivity index (χ1v) is 4.62. The van der Waals surface area contributed by atoms with Gasteiger partial charge in [-0.1, -0.05) is 30.3 Å². The molecular weight excluding hydrogens is 198 g/mol. The van der Waals surface area contributed by atoms with Crippen molar-refractivity contribution in [3.63, 3.8) is 0 Å². The largest absolute Gasteiger partial charge is 0.284 e. The normalized spacial score (nSPS) is 9.64. The third kappa shape index (κ3) is 2.15. The van der Waals surface area contributed by atoms with Gasteiger partial charge in [0.05, 0.1) is 10.7 Å². The van der Waals surface area contributed by atoms with Crippen molar-refractivity contribution in [3.05, 3.63) is 41.6 Å². The first kappa shape index (κ1) is 10.8. The average Bonchev–Trinajstić information content (AvgIpc) is 2.07. The van der Waals surface area contributed by atoms with Gasteiger partial charge in [0.2, 0.25) is 5.91 Å². The van der Waals surface area contributed by atoms with E-state index in [0.29, 0.717) is 16.4 Å². The summed E-state index contributed by atoms with van der Waals surface area (Å²) < 4.78 is 0. The molecule has 0 aliphatic carbocycles. The number of carbonyl (C=O) groups is 1. The first-order chi connectivity index (χ1) is 6.54. The van der Waals surface area contributed by atoms with Gasteiger partial charge in [0, 0.05) is 12.6 Å². The monoisotopic (exact) mass is 209 g/mol. The lowest BCUT2D eigenvalue weighted by molar-refractivity contribution is -0.116. The van der Waals surface area contributed by atoms with Crippen LogP contribution in [-0.2, 0) is 4.79 Å². The minimum atomic E-state index is -0.0920. The maximum atomic E-state index is 11.3. The summed E-state index contributed by atoms with van der Waals surface area (Å²) in [6, 6.07) is 7.19. The Balaban J connectivity index is 3.18. The highest BCUT2D eigenvalue weighted by molar-refractivity contribution is 6.33. The Bertz CT molecular complexity index is 359. The number of hydrogen-bond donors (Lipinski definition) is 0. The molecule has 0 atom stereocenters. The number of benzene rings is 1. The van der Waals surface area contributed by atoms with E-state index in [1.807, 2.05) is 12.1 Å². The average molecular weight is 210 g/mol. The Kier molecular flexibility index (Phi) is 3.31. The number of hydrogen-bond acceptors (Lipinski definition) is 1. The van der Waals surface area contributed by atoms with Crippen LogP contribution < -0.4 is 4.90 Å². The second-order valence-electron chi connectivity index (χ2n) is 3.04. The smallest absolute Gasteiger partial charge is 0.228 e. The number of carbonyl (C=O) groups excluding carboxylic acids is 1. The molecule has 14 heavy (non-hydrogen) atoms. The zero-order valence-electron chi connectivity index (χ0n) is 8.25. The molecule has 0 fully saturated rings. The van der Waals surface area contributed by atoms with Crippen LogP contribution in [-0.4, -0.2) is 5.91 Å². The number of anilines is 1. The van der Waals surface area contributed by atoms with Gasteiger partial charge in [0.15, 0.2) is 0 Å². The Morgan fingerprint density at radius 1 is 1.36 bits per heavy atom. The summed E-state index contributed by atoms with van der Waals surface area (Å²) in [6.45, 7) is 6.99. The third-order valence-corrected chi connectivity index (χ3v) is 2.11. The fraction of sp³-hybridized carbons (Fsp3) is 0.182. The van der Waals surface area contributed by atoms with Crippen molar-refractivity contribution < 1.29 is 4.79 Å². The minimum Gasteiger partial charge on any atom is -0.284 e. The number of rotatable bonds is 2. The number of amides is 1. The summed E-state index contributed by atoms with van der Waals surface area (Å²) in [7, 11) is 0. The van der Waals surface area contributed by atoms with Gasteiger partial charge in [-0.2, -0.15) is 0 Å². The van der Waals surface area contributed by atoms with Crippen LogP contribution in [0.4, 0.5) is 5.69 Å². The molecular formula is C11H12ClNO. The quantitative estimate of drug-likeness (QED) is 0.733. The van der Waals surface area contributed by atoms with Gasteiger partial charge >= 0.3 is 0 Å². The Labute approximate surface area is 88.8 Å². The molecule has 74 valence electrons. The molecule has 0 heterocycles. The molecule has 0 radical (unpaired) electrons. The zero-order valence-corrected chi connectivity index (χ0v) is 9.01.